The zero-order chi connectivity index (χ0) is 16.7. The van der Waals surface area contributed by atoms with Gasteiger partial charge in [0.1, 0.15) is 10.4 Å². The molecule has 0 fully saturated rings. The van der Waals surface area contributed by atoms with Crippen LogP contribution in [0.25, 0.3) is 17.0 Å². The number of hydrogen-bond donors (Lipinski definition) is 3. The van der Waals surface area contributed by atoms with Crippen LogP contribution >= 0.6 is 11.3 Å². The van der Waals surface area contributed by atoms with E-state index >= 15 is 0 Å². The van der Waals surface area contributed by atoms with E-state index in [0.717, 1.165) is 22.3 Å². The van der Waals surface area contributed by atoms with Crippen molar-refractivity contribution in [1.82, 2.24) is 15.1 Å². The van der Waals surface area contributed by atoms with Crippen LogP contribution in [-0.4, -0.2) is 21.0 Å². The molecular formula is C17H16N5OS+. The maximum absolute atomic E-state index is 12.5. The number of thiophene rings is 1. The van der Waals surface area contributed by atoms with Gasteiger partial charge in [-0.05, 0) is 43.0 Å². The Morgan fingerprint density at radius 1 is 1.25 bits per heavy atom. The summed E-state index contributed by atoms with van der Waals surface area (Å²) >= 11 is 1.43. The molecule has 6 nitrogen and oxygen atoms in total. The average molecular weight is 338 g/mol. The largest absolute Gasteiger partial charge is 0.374 e. The molecule has 0 aliphatic rings. The van der Waals surface area contributed by atoms with E-state index in [-0.39, 0.29) is 5.91 Å². The summed E-state index contributed by atoms with van der Waals surface area (Å²) in [6.45, 7) is 3.87. The molecule has 0 aliphatic heterocycles. The van der Waals surface area contributed by atoms with Gasteiger partial charge < -0.3 is 0 Å². The normalized spacial score (nSPS) is 11.1. The van der Waals surface area contributed by atoms with Crippen LogP contribution in [0.5, 0.6) is 0 Å². The van der Waals surface area contributed by atoms with Crippen molar-refractivity contribution in [1.29, 1.82) is 0 Å². The second-order valence-corrected chi connectivity index (χ2v) is 6.54. The lowest BCUT2D eigenvalue weighted by Gasteiger charge is -2.01. The Morgan fingerprint density at radius 3 is 2.83 bits per heavy atom. The molecule has 7 heteroatoms. The molecule has 3 aromatic heterocycles. The highest BCUT2D eigenvalue weighted by atomic mass is 32.1. The van der Waals surface area contributed by atoms with Crippen molar-refractivity contribution in [2.24, 2.45) is 0 Å². The second kappa shape index (κ2) is 5.61. The molecule has 4 rings (SSSR count). The number of anilines is 1. The number of carbonyl (C=O) groups excluding carboxylic acids is 1. The summed E-state index contributed by atoms with van der Waals surface area (Å²) in [5.41, 5.74) is 3.71. The Bertz CT molecular complexity index is 1010. The minimum Gasteiger partial charge on any atom is -0.258 e. The number of nitrogens with one attached hydrogen (secondary N) is 3. The smallest absolute Gasteiger partial charge is 0.258 e. The first-order valence-electron chi connectivity index (χ1n) is 7.54. The highest BCUT2D eigenvalue weighted by Gasteiger charge is 2.21. The number of hydrogen-bond acceptors (Lipinski definition) is 3. The van der Waals surface area contributed by atoms with Gasteiger partial charge in [0.15, 0.2) is 5.52 Å². The van der Waals surface area contributed by atoms with Gasteiger partial charge in [0.2, 0.25) is 5.82 Å². The number of aromatic nitrogens is 4. The molecule has 0 bridgehead atoms. The zero-order valence-electron chi connectivity index (χ0n) is 13.3. The first-order chi connectivity index (χ1) is 11.6. The molecule has 0 atom stereocenters. The third-order valence-electron chi connectivity index (χ3n) is 3.78. The molecule has 0 unspecified atom stereocenters. The van der Waals surface area contributed by atoms with Crippen molar-refractivity contribution in [2.75, 3.05) is 5.32 Å². The first kappa shape index (κ1) is 14.6. The molecule has 3 N–H and O–H groups in total. The number of fused-ring (bicyclic) bond motifs is 1. The number of benzene rings is 1. The topological polar surface area (TPSA) is 77.5 Å². The summed E-state index contributed by atoms with van der Waals surface area (Å²) in [5, 5.41) is 8.08. The summed E-state index contributed by atoms with van der Waals surface area (Å²) in [4.78, 5) is 21.0. The number of rotatable bonds is 3. The molecule has 24 heavy (non-hydrogen) atoms. The number of carbonyl (C=O) groups is 1. The number of para-hydroxylation sites is 2. The molecule has 0 radical (unpaired) electrons. The summed E-state index contributed by atoms with van der Waals surface area (Å²) in [6, 6.07) is 11.6. The number of amides is 1. The highest BCUT2D eigenvalue weighted by Crippen LogP contribution is 2.18. The lowest BCUT2D eigenvalue weighted by molar-refractivity contribution is -0.648. The molecule has 0 saturated heterocycles. The van der Waals surface area contributed by atoms with Gasteiger partial charge in [0.25, 0.3) is 0 Å². The Kier molecular flexibility index (Phi) is 3.42. The SMILES string of the molecule is Cc1cc(NC(=O)c2sccc2C)[n+](-c2nc3ccccc3[nH]2)[nH]1. The fourth-order valence-electron chi connectivity index (χ4n) is 2.62. The van der Waals surface area contributed by atoms with Crippen LogP contribution in [0.3, 0.4) is 0 Å². The number of H-pyrrole nitrogens is 2. The van der Waals surface area contributed by atoms with Crippen molar-refractivity contribution in [2.45, 2.75) is 13.8 Å². The molecule has 120 valence electrons. The Morgan fingerprint density at radius 2 is 2.08 bits per heavy atom. The summed E-state index contributed by atoms with van der Waals surface area (Å²) in [7, 11) is 0. The van der Waals surface area contributed by atoms with Crippen LogP contribution < -0.4 is 10.00 Å². The van der Waals surface area contributed by atoms with Crippen molar-refractivity contribution < 1.29 is 9.48 Å². The first-order valence-corrected chi connectivity index (χ1v) is 8.42. The number of aromatic amines is 2. The van der Waals surface area contributed by atoms with Crippen molar-refractivity contribution in [3.8, 4) is 5.95 Å². The van der Waals surface area contributed by atoms with Crippen LogP contribution in [0.4, 0.5) is 5.82 Å². The van der Waals surface area contributed by atoms with E-state index in [1.54, 1.807) is 4.68 Å². The third kappa shape index (κ3) is 2.48. The van der Waals surface area contributed by atoms with E-state index in [0.29, 0.717) is 16.6 Å². The van der Waals surface area contributed by atoms with E-state index in [2.05, 4.69) is 20.4 Å². The van der Waals surface area contributed by atoms with E-state index in [4.69, 9.17) is 0 Å². The van der Waals surface area contributed by atoms with Crippen molar-refractivity contribution in [3.63, 3.8) is 0 Å². The fraction of sp³-hybridized carbons (Fsp3) is 0.118. The second-order valence-electron chi connectivity index (χ2n) is 5.62. The minimum atomic E-state index is -0.119. The summed E-state index contributed by atoms with van der Waals surface area (Å²) in [5.74, 6) is 1.15. The Hall–Kier alpha value is -2.93. The van der Waals surface area contributed by atoms with Gasteiger partial charge in [-0.2, -0.15) is 0 Å². The molecule has 0 saturated carbocycles. The molecule has 0 aliphatic carbocycles. The summed E-state index contributed by atoms with van der Waals surface area (Å²) < 4.78 is 1.75. The van der Waals surface area contributed by atoms with Crippen LogP contribution in [0.2, 0.25) is 0 Å². The molecule has 4 aromatic rings. The molecule has 0 spiro atoms. The quantitative estimate of drug-likeness (QED) is 0.502. The standard InChI is InChI=1S/C17H15N5OS/c1-10-7-8-24-15(10)16(23)20-14-9-11(2)21-22(14)17-18-12-5-3-4-6-13(12)19-17/h3-9H,1-2H3,(H2,18,19,20,21,23)/p+1. The zero-order valence-corrected chi connectivity index (χ0v) is 14.1. The van der Waals surface area contributed by atoms with Gasteiger partial charge in [0.05, 0.1) is 0 Å². The molecule has 3 heterocycles. The number of imidazole rings is 1. The molecular weight excluding hydrogens is 322 g/mol. The molecule has 1 amide bonds. The van der Waals surface area contributed by atoms with E-state index in [1.807, 2.05) is 55.6 Å². The highest BCUT2D eigenvalue weighted by molar-refractivity contribution is 7.12. The fourth-order valence-corrected chi connectivity index (χ4v) is 3.44. The predicted octanol–water partition coefficient (Wildman–Crippen LogP) is 3.10. The maximum Gasteiger partial charge on any atom is 0.374 e. The lowest BCUT2D eigenvalue weighted by atomic mass is 10.3. The van der Waals surface area contributed by atoms with Gasteiger partial charge in [-0.3, -0.25) is 20.2 Å². The monoisotopic (exact) mass is 338 g/mol. The van der Waals surface area contributed by atoms with Crippen LogP contribution in [0.1, 0.15) is 20.9 Å². The van der Waals surface area contributed by atoms with Crippen LogP contribution in [0.15, 0.2) is 41.8 Å². The Labute approximate surface area is 142 Å². The maximum atomic E-state index is 12.5. The lowest BCUT2D eigenvalue weighted by Crippen LogP contribution is -2.38. The average Bonchev–Trinajstić information content (AvgIpc) is 3.24. The Balaban J connectivity index is 1.72. The van der Waals surface area contributed by atoms with Gasteiger partial charge in [0, 0.05) is 11.8 Å². The van der Waals surface area contributed by atoms with E-state index in [9.17, 15) is 4.79 Å². The van der Waals surface area contributed by atoms with Gasteiger partial charge in [-0.15, -0.1) is 21.0 Å². The molecule has 1 aromatic carbocycles. The predicted molar refractivity (Wildman–Crippen MR) is 93.7 cm³/mol. The minimum absolute atomic E-state index is 0.119. The number of aryl methyl sites for hydroxylation is 2. The van der Waals surface area contributed by atoms with Crippen molar-refractivity contribution >= 4 is 34.1 Å². The van der Waals surface area contributed by atoms with Gasteiger partial charge in [-0.1, -0.05) is 12.1 Å². The van der Waals surface area contributed by atoms with Gasteiger partial charge in [-0.25, -0.2) is 0 Å². The number of nitrogens with zero attached hydrogens (tertiary/aromatic N) is 2. The van der Waals surface area contributed by atoms with Gasteiger partial charge >= 0.3 is 11.9 Å². The van der Waals surface area contributed by atoms with Crippen LogP contribution in [0, 0.1) is 13.8 Å². The van der Waals surface area contributed by atoms with Crippen molar-refractivity contribution in [3.05, 3.63) is 57.9 Å². The van der Waals surface area contributed by atoms with E-state index < -0.39 is 0 Å². The summed E-state index contributed by atoms with van der Waals surface area (Å²) in [6.07, 6.45) is 0. The third-order valence-corrected chi connectivity index (χ3v) is 4.80. The van der Waals surface area contributed by atoms with Crippen LogP contribution in [-0.2, 0) is 0 Å². The van der Waals surface area contributed by atoms with E-state index in [1.165, 1.54) is 11.3 Å².